The molecule has 0 bridgehead atoms. The number of aromatic nitrogens is 1. The number of anilines is 1. The van der Waals surface area contributed by atoms with E-state index >= 15 is 0 Å². The van der Waals surface area contributed by atoms with Crippen molar-refractivity contribution >= 4 is 33.1 Å². The van der Waals surface area contributed by atoms with E-state index in [1.54, 1.807) is 17.4 Å². The first-order valence-electron chi connectivity index (χ1n) is 9.43. The highest BCUT2D eigenvalue weighted by atomic mass is 32.1. The van der Waals surface area contributed by atoms with Crippen LogP contribution in [0.4, 0.5) is 19.0 Å². The van der Waals surface area contributed by atoms with E-state index in [1.165, 1.54) is 10.8 Å². The molecule has 1 aromatic carbocycles. The summed E-state index contributed by atoms with van der Waals surface area (Å²) < 4.78 is 39.6. The Morgan fingerprint density at radius 1 is 1.21 bits per heavy atom. The van der Waals surface area contributed by atoms with Gasteiger partial charge in [0.15, 0.2) is 0 Å². The van der Waals surface area contributed by atoms with Crippen molar-refractivity contribution in [1.29, 1.82) is 0 Å². The lowest BCUT2D eigenvalue weighted by Gasteiger charge is -2.32. The zero-order valence-corrected chi connectivity index (χ0v) is 16.4. The predicted molar refractivity (Wildman–Crippen MR) is 108 cm³/mol. The van der Waals surface area contributed by atoms with Crippen molar-refractivity contribution in [3.63, 3.8) is 0 Å². The van der Waals surface area contributed by atoms with Crippen LogP contribution >= 0.6 is 11.3 Å². The number of benzene rings is 1. The third-order valence-electron chi connectivity index (χ3n) is 5.25. The van der Waals surface area contributed by atoms with Gasteiger partial charge in [-0.15, -0.1) is 11.3 Å². The maximum absolute atomic E-state index is 12.8. The smallest absolute Gasteiger partial charge is 0.356 e. The van der Waals surface area contributed by atoms with Crippen molar-refractivity contribution in [2.24, 2.45) is 5.92 Å². The van der Waals surface area contributed by atoms with Gasteiger partial charge in [0, 0.05) is 41.8 Å². The fourth-order valence-electron chi connectivity index (χ4n) is 3.68. The maximum Gasteiger partial charge on any atom is 0.416 e. The standard InChI is InChI=1S/C21H20F3N3OS/c22-21(23,24)16-3-1-2-14(12-16)13-26-20(28)15-5-9-27(10-6-15)19-17-7-11-29-18(17)4-8-25-19/h1-4,7-8,11-12,15H,5-6,9-10,13H2,(H,26,28). The Bertz CT molecular complexity index is 1010. The summed E-state index contributed by atoms with van der Waals surface area (Å²) in [5.74, 6) is 0.703. The van der Waals surface area contributed by atoms with Crippen molar-refractivity contribution in [2.75, 3.05) is 18.0 Å². The number of carbonyl (C=O) groups excluding carboxylic acids is 1. The molecule has 3 aromatic rings. The minimum Gasteiger partial charge on any atom is -0.356 e. The molecule has 0 unspecified atom stereocenters. The molecule has 29 heavy (non-hydrogen) atoms. The molecule has 0 aliphatic carbocycles. The summed E-state index contributed by atoms with van der Waals surface area (Å²) in [6.07, 6.45) is -1.19. The highest BCUT2D eigenvalue weighted by Crippen LogP contribution is 2.31. The second kappa shape index (κ2) is 8.02. The molecule has 2 aromatic heterocycles. The molecule has 0 atom stereocenters. The minimum absolute atomic E-state index is 0.0960. The third kappa shape index (κ3) is 4.37. The quantitative estimate of drug-likeness (QED) is 0.658. The summed E-state index contributed by atoms with van der Waals surface area (Å²) in [5, 5.41) is 5.96. The van der Waals surface area contributed by atoms with Gasteiger partial charge >= 0.3 is 6.18 Å². The fraction of sp³-hybridized carbons (Fsp3) is 0.333. The lowest BCUT2D eigenvalue weighted by atomic mass is 9.95. The van der Waals surface area contributed by atoms with E-state index < -0.39 is 11.7 Å². The van der Waals surface area contributed by atoms with Crippen LogP contribution in [0.25, 0.3) is 10.1 Å². The Morgan fingerprint density at radius 3 is 2.76 bits per heavy atom. The summed E-state index contributed by atoms with van der Waals surface area (Å²) >= 11 is 1.68. The first kappa shape index (κ1) is 19.7. The van der Waals surface area contributed by atoms with E-state index in [0.29, 0.717) is 18.4 Å². The minimum atomic E-state index is -4.38. The normalized spacial score (nSPS) is 15.6. The molecule has 1 saturated heterocycles. The summed E-state index contributed by atoms with van der Waals surface area (Å²) in [6.45, 7) is 1.55. The van der Waals surface area contributed by atoms with Crippen LogP contribution in [0.2, 0.25) is 0 Å². The van der Waals surface area contributed by atoms with Crippen LogP contribution in [0, 0.1) is 5.92 Å². The number of piperidine rings is 1. The molecule has 0 saturated carbocycles. The van der Waals surface area contributed by atoms with Crippen molar-refractivity contribution in [2.45, 2.75) is 25.6 Å². The molecule has 1 fully saturated rings. The predicted octanol–water partition coefficient (Wildman–Crippen LogP) is 4.85. The highest BCUT2D eigenvalue weighted by Gasteiger charge is 2.30. The van der Waals surface area contributed by atoms with Gasteiger partial charge in [-0.05, 0) is 48.1 Å². The van der Waals surface area contributed by atoms with E-state index in [2.05, 4.69) is 21.3 Å². The van der Waals surface area contributed by atoms with Gasteiger partial charge in [0.05, 0.1) is 5.56 Å². The van der Waals surface area contributed by atoms with Crippen LogP contribution in [0.1, 0.15) is 24.0 Å². The molecule has 3 heterocycles. The number of carbonyl (C=O) groups is 1. The third-order valence-corrected chi connectivity index (χ3v) is 6.13. The average molecular weight is 419 g/mol. The number of nitrogens with one attached hydrogen (secondary N) is 1. The number of amides is 1. The van der Waals surface area contributed by atoms with E-state index in [1.807, 2.05) is 17.6 Å². The Labute approximate surface area is 170 Å². The molecular weight excluding hydrogens is 399 g/mol. The average Bonchev–Trinajstić information content (AvgIpc) is 3.21. The van der Waals surface area contributed by atoms with Crippen LogP contribution in [0.15, 0.2) is 48.0 Å². The molecule has 8 heteroatoms. The van der Waals surface area contributed by atoms with Crippen molar-refractivity contribution in [3.8, 4) is 0 Å². The summed E-state index contributed by atoms with van der Waals surface area (Å²) in [7, 11) is 0. The van der Waals surface area contributed by atoms with Crippen LogP contribution in [0.5, 0.6) is 0 Å². The van der Waals surface area contributed by atoms with Gasteiger partial charge in [-0.25, -0.2) is 4.98 Å². The Balaban J connectivity index is 1.33. The van der Waals surface area contributed by atoms with Crippen LogP contribution in [-0.2, 0) is 17.5 Å². The number of pyridine rings is 1. The Kier molecular flexibility index (Phi) is 5.45. The Morgan fingerprint density at radius 2 is 2.00 bits per heavy atom. The first-order chi connectivity index (χ1) is 13.9. The van der Waals surface area contributed by atoms with E-state index in [4.69, 9.17) is 0 Å². The van der Waals surface area contributed by atoms with Gasteiger partial charge in [0.25, 0.3) is 0 Å². The largest absolute Gasteiger partial charge is 0.416 e. The highest BCUT2D eigenvalue weighted by molar-refractivity contribution is 7.17. The maximum atomic E-state index is 12.8. The molecule has 4 nitrogen and oxygen atoms in total. The van der Waals surface area contributed by atoms with Crippen LogP contribution < -0.4 is 10.2 Å². The summed E-state index contributed by atoms with van der Waals surface area (Å²) in [6, 6.07) is 9.12. The van der Waals surface area contributed by atoms with Crippen molar-refractivity contribution < 1.29 is 18.0 Å². The van der Waals surface area contributed by atoms with Gasteiger partial charge in [-0.1, -0.05) is 12.1 Å². The lowest BCUT2D eigenvalue weighted by Crippen LogP contribution is -2.40. The monoisotopic (exact) mass is 419 g/mol. The fourth-order valence-corrected chi connectivity index (χ4v) is 4.45. The molecule has 152 valence electrons. The lowest BCUT2D eigenvalue weighted by molar-refractivity contribution is -0.137. The first-order valence-corrected chi connectivity index (χ1v) is 10.3. The SMILES string of the molecule is O=C(NCc1cccc(C(F)(F)F)c1)C1CCN(c2nccc3sccc23)CC1. The number of rotatable bonds is 4. The zero-order valence-electron chi connectivity index (χ0n) is 15.6. The molecule has 1 aliphatic rings. The molecular formula is C21H20F3N3OS. The Hall–Kier alpha value is -2.61. The number of hydrogen-bond acceptors (Lipinski definition) is 4. The van der Waals surface area contributed by atoms with Gasteiger partial charge in [-0.3, -0.25) is 4.79 Å². The number of nitrogens with zero attached hydrogens (tertiary/aromatic N) is 2. The van der Waals surface area contributed by atoms with Crippen LogP contribution in [-0.4, -0.2) is 24.0 Å². The number of hydrogen-bond donors (Lipinski definition) is 1. The second-order valence-electron chi connectivity index (χ2n) is 7.14. The number of thiophene rings is 1. The van der Waals surface area contributed by atoms with Gasteiger partial charge in [-0.2, -0.15) is 13.2 Å². The summed E-state index contributed by atoms with van der Waals surface area (Å²) in [4.78, 5) is 19.2. The number of alkyl halides is 3. The number of fused-ring (bicyclic) bond motifs is 1. The van der Waals surface area contributed by atoms with E-state index in [9.17, 15) is 18.0 Å². The van der Waals surface area contributed by atoms with Crippen LogP contribution in [0.3, 0.4) is 0 Å². The molecule has 4 rings (SSSR count). The van der Waals surface area contributed by atoms with Crippen molar-refractivity contribution in [1.82, 2.24) is 10.3 Å². The zero-order chi connectivity index (χ0) is 20.4. The molecule has 1 N–H and O–H groups in total. The summed E-state index contributed by atoms with van der Waals surface area (Å²) in [5.41, 5.74) is -0.258. The molecule has 0 spiro atoms. The van der Waals surface area contributed by atoms with Gasteiger partial charge in [0.1, 0.15) is 5.82 Å². The number of halogens is 3. The van der Waals surface area contributed by atoms with Gasteiger partial charge in [0.2, 0.25) is 5.91 Å². The molecule has 0 radical (unpaired) electrons. The van der Waals surface area contributed by atoms with E-state index in [0.717, 1.165) is 36.4 Å². The topological polar surface area (TPSA) is 45.2 Å². The molecule has 1 aliphatic heterocycles. The second-order valence-corrected chi connectivity index (χ2v) is 8.09. The van der Waals surface area contributed by atoms with Crippen molar-refractivity contribution in [3.05, 3.63) is 59.1 Å². The van der Waals surface area contributed by atoms with E-state index in [-0.39, 0.29) is 18.4 Å². The van der Waals surface area contributed by atoms with Gasteiger partial charge < -0.3 is 10.2 Å². The molecule has 1 amide bonds.